The van der Waals surface area contributed by atoms with E-state index in [9.17, 15) is 0 Å². The van der Waals surface area contributed by atoms with Crippen LogP contribution in [0.5, 0.6) is 11.8 Å². The number of imidazole rings is 1. The number of ether oxygens (including phenoxy) is 3. The van der Waals surface area contributed by atoms with Crippen LogP contribution in [0.25, 0.3) is 5.69 Å². The summed E-state index contributed by atoms with van der Waals surface area (Å²) in [5.74, 6) is 1.53. The molecule has 0 aliphatic heterocycles. The van der Waals surface area contributed by atoms with Crippen molar-refractivity contribution < 1.29 is 14.2 Å². The summed E-state index contributed by atoms with van der Waals surface area (Å²) >= 11 is 0. The Morgan fingerprint density at radius 2 is 1.93 bits per heavy atom. The Morgan fingerprint density at radius 1 is 1.10 bits per heavy atom. The molecule has 0 saturated carbocycles. The molecule has 0 radical (unpaired) electrons. The monoisotopic (exact) mass is 399 g/mol. The fraction of sp³-hybridized carbons (Fsp3) is 0.368. The maximum atomic E-state index is 5.55. The van der Waals surface area contributed by atoms with Crippen LogP contribution in [0.3, 0.4) is 0 Å². The van der Waals surface area contributed by atoms with Crippen LogP contribution in [-0.4, -0.2) is 66.0 Å². The molecule has 0 saturated heterocycles. The van der Waals surface area contributed by atoms with Crippen molar-refractivity contribution in [1.82, 2.24) is 24.5 Å². The molecule has 29 heavy (non-hydrogen) atoms. The fourth-order valence-electron chi connectivity index (χ4n) is 2.64. The molecule has 3 rings (SSSR count). The van der Waals surface area contributed by atoms with Gasteiger partial charge in [0.2, 0.25) is 11.9 Å². The zero-order valence-corrected chi connectivity index (χ0v) is 17.2. The van der Waals surface area contributed by atoms with Crippen LogP contribution >= 0.6 is 0 Å². The lowest BCUT2D eigenvalue weighted by Gasteiger charge is -2.18. The molecular weight excluding hydrogens is 374 g/mol. The van der Waals surface area contributed by atoms with Gasteiger partial charge in [-0.25, -0.2) is 4.98 Å². The molecule has 0 spiro atoms. The van der Waals surface area contributed by atoms with Crippen molar-refractivity contribution in [3.8, 4) is 17.4 Å². The highest BCUT2D eigenvalue weighted by Crippen LogP contribution is 2.28. The highest BCUT2D eigenvalue weighted by molar-refractivity contribution is 5.62. The topological polar surface area (TPSA) is 99.5 Å². The van der Waals surface area contributed by atoms with E-state index in [-0.39, 0.29) is 6.01 Å². The van der Waals surface area contributed by atoms with Crippen molar-refractivity contribution in [3.63, 3.8) is 0 Å². The molecule has 3 aromatic rings. The predicted molar refractivity (Wildman–Crippen MR) is 110 cm³/mol. The van der Waals surface area contributed by atoms with Gasteiger partial charge in [0.15, 0.2) is 0 Å². The number of aryl methyl sites for hydroxylation is 1. The first kappa shape index (κ1) is 20.3. The van der Waals surface area contributed by atoms with E-state index in [0.29, 0.717) is 30.8 Å². The minimum absolute atomic E-state index is 0.222. The molecule has 0 amide bonds. The van der Waals surface area contributed by atoms with Gasteiger partial charge in [0.25, 0.3) is 0 Å². The number of aromatic nitrogens is 5. The summed E-state index contributed by atoms with van der Waals surface area (Å²) in [6.45, 7) is 3.13. The van der Waals surface area contributed by atoms with Gasteiger partial charge in [0, 0.05) is 38.7 Å². The maximum Gasteiger partial charge on any atom is 0.322 e. The first-order valence-corrected chi connectivity index (χ1v) is 9.00. The van der Waals surface area contributed by atoms with E-state index in [2.05, 4.69) is 25.3 Å². The lowest BCUT2D eigenvalue weighted by atomic mass is 10.2. The van der Waals surface area contributed by atoms with E-state index >= 15 is 0 Å². The highest BCUT2D eigenvalue weighted by atomic mass is 16.5. The van der Waals surface area contributed by atoms with Crippen LogP contribution in [-0.2, 0) is 4.74 Å². The molecule has 0 aliphatic carbocycles. The van der Waals surface area contributed by atoms with Gasteiger partial charge in [-0.05, 0) is 19.1 Å². The van der Waals surface area contributed by atoms with Gasteiger partial charge < -0.3 is 29.0 Å². The van der Waals surface area contributed by atoms with Gasteiger partial charge >= 0.3 is 6.01 Å². The van der Waals surface area contributed by atoms with E-state index in [1.54, 1.807) is 20.5 Å². The molecule has 0 bridgehead atoms. The zero-order valence-electron chi connectivity index (χ0n) is 17.2. The van der Waals surface area contributed by atoms with Crippen LogP contribution in [0.2, 0.25) is 0 Å². The summed E-state index contributed by atoms with van der Waals surface area (Å²) in [7, 11) is 6.67. The van der Waals surface area contributed by atoms with E-state index < -0.39 is 0 Å². The Balaban J connectivity index is 1.87. The average molecular weight is 399 g/mol. The Kier molecular flexibility index (Phi) is 6.45. The highest BCUT2D eigenvalue weighted by Gasteiger charge is 2.13. The van der Waals surface area contributed by atoms with Gasteiger partial charge in [-0.15, -0.1) is 0 Å². The predicted octanol–water partition coefficient (Wildman–Crippen LogP) is 2.21. The Hall–Kier alpha value is -3.40. The second-order valence-corrected chi connectivity index (χ2v) is 6.29. The van der Waals surface area contributed by atoms with Crippen molar-refractivity contribution >= 4 is 17.6 Å². The van der Waals surface area contributed by atoms with Crippen molar-refractivity contribution in [2.24, 2.45) is 0 Å². The molecule has 0 fully saturated rings. The second-order valence-electron chi connectivity index (χ2n) is 6.29. The normalized spacial score (nSPS) is 10.7. The Labute approximate surface area is 169 Å². The Morgan fingerprint density at radius 3 is 2.59 bits per heavy atom. The quantitative estimate of drug-likeness (QED) is 0.580. The van der Waals surface area contributed by atoms with Crippen LogP contribution in [0.4, 0.5) is 17.6 Å². The molecule has 10 nitrogen and oxygen atoms in total. The van der Waals surface area contributed by atoms with Crippen LogP contribution < -0.4 is 19.7 Å². The van der Waals surface area contributed by atoms with Crippen molar-refractivity contribution in [2.75, 3.05) is 51.7 Å². The van der Waals surface area contributed by atoms with E-state index in [1.165, 1.54) is 7.11 Å². The standard InChI is InChI=1S/C19H25N7O3/c1-13-11-26(12-20-13)15-7-6-14(10-16(15)28-4)21-17-22-18(24-19(23-17)29-5)25(2)8-9-27-3/h6-7,10-12H,8-9H2,1-5H3,(H,21,22,23,24). The third-order valence-electron chi connectivity index (χ3n) is 4.18. The van der Waals surface area contributed by atoms with Gasteiger partial charge in [-0.1, -0.05) is 0 Å². The van der Waals surface area contributed by atoms with Gasteiger partial charge in [0.1, 0.15) is 5.75 Å². The van der Waals surface area contributed by atoms with Gasteiger partial charge in [0.05, 0.1) is 38.5 Å². The number of hydrogen-bond acceptors (Lipinski definition) is 9. The van der Waals surface area contributed by atoms with Crippen molar-refractivity contribution in [2.45, 2.75) is 6.92 Å². The maximum absolute atomic E-state index is 5.55. The van der Waals surface area contributed by atoms with Gasteiger partial charge in [-0.3, -0.25) is 0 Å². The minimum Gasteiger partial charge on any atom is -0.494 e. The number of nitrogens with one attached hydrogen (secondary N) is 1. The molecule has 0 atom stereocenters. The first-order chi connectivity index (χ1) is 14.0. The van der Waals surface area contributed by atoms with Crippen LogP contribution in [0.1, 0.15) is 5.69 Å². The minimum atomic E-state index is 0.222. The van der Waals surface area contributed by atoms with E-state index in [0.717, 1.165) is 17.1 Å². The fourth-order valence-corrected chi connectivity index (χ4v) is 2.64. The number of anilines is 3. The molecule has 10 heteroatoms. The van der Waals surface area contributed by atoms with Crippen LogP contribution in [0, 0.1) is 6.92 Å². The summed E-state index contributed by atoms with van der Waals surface area (Å²) in [4.78, 5) is 19.2. The smallest absolute Gasteiger partial charge is 0.322 e. The number of hydrogen-bond donors (Lipinski definition) is 1. The summed E-state index contributed by atoms with van der Waals surface area (Å²) in [5.41, 5.74) is 2.57. The molecule has 1 aromatic carbocycles. The summed E-state index contributed by atoms with van der Waals surface area (Å²) in [6.07, 6.45) is 3.68. The van der Waals surface area contributed by atoms with Crippen LogP contribution in [0.15, 0.2) is 30.7 Å². The number of benzene rings is 1. The lowest BCUT2D eigenvalue weighted by molar-refractivity contribution is 0.206. The summed E-state index contributed by atoms with van der Waals surface area (Å²) < 4.78 is 17.8. The average Bonchev–Trinajstić information content (AvgIpc) is 3.17. The number of nitrogens with zero attached hydrogens (tertiary/aromatic N) is 6. The van der Waals surface area contributed by atoms with Crippen molar-refractivity contribution in [1.29, 1.82) is 0 Å². The molecule has 0 aliphatic rings. The van der Waals surface area contributed by atoms with E-state index in [4.69, 9.17) is 14.2 Å². The third kappa shape index (κ3) is 4.91. The second kappa shape index (κ2) is 9.20. The molecule has 2 aromatic heterocycles. The summed E-state index contributed by atoms with van der Waals surface area (Å²) in [5, 5.41) is 3.18. The molecule has 154 valence electrons. The SMILES string of the molecule is COCCN(C)c1nc(Nc2ccc(-n3cnc(C)c3)c(OC)c2)nc(OC)n1. The zero-order chi connectivity index (χ0) is 20.8. The number of likely N-dealkylation sites (N-methyl/N-ethyl adjacent to an activating group) is 1. The molecule has 2 heterocycles. The largest absolute Gasteiger partial charge is 0.494 e. The molecule has 0 unspecified atom stereocenters. The van der Waals surface area contributed by atoms with Crippen molar-refractivity contribution in [3.05, 3.63) is 36.4 Å². The lowest BCUT2D eigenvalue weighted by Crippen LogP contribution is -2.24. The van der Waals surface area contributed by atoms with E-state index in [1.807, 2.05) is 47.8 Å². The Bertz CT molecular complexity index is 961. The number of rotatable bonds is 9. The number of methoxy groups -OCH3 is 3. The van der Waals surface area contributed by atoms with Gasteiger partial charge in [-0.2, -0.15) is 15.0 Å². The summed E-state index contributed by atoms with van der Waals surface area (Å²) in [6, 6.07) is 5.94. The first-order valence-electron chi connectivity index (χ1n) is 9.00. The molecule has 1 N–H and O–H groups in total. The molecular formula is C19H25N7O3. The third-order valence-corrected chi connectivity index (χ3v) is 4.18.